The first-order valence-electron chi connectivity index (χ1n) is 4.09. The molecule has 0 aliphatic heterocycles. The van der Waals surface area contributed by atoms with Crippen LogP contribution in [0.4, 0.5) is 0 Å². The number of sulfonamides is 1. The molecule has 0 amide bonds. The van der Waals surface area contributed by atoms with E-state index in [2.05, 4.69) is 0 Å². The van der Waals surface area contributed by atoms with Gasteiger partial charge in [0.2, 0.25) is 10.0 Å². The van der Waals surface area contributed by atoms with Crippen LogP contribution >= 0.6 is 0 Å². The number of carboxylic acids is 1. The number of carboxylic acid groups (broad SMARTS) is 1. The lowest BCUT2D eigenvalue weighted by atomic mass is 10.2. The van der Waals surface area contributed by atoms with E-state index in [1.807, 2.05) is 0 Å². The normalized spacial score (nSPS) is 14.6. The van der Waals surface area contributed by atoms with Crippen molar-refractivity contribution in [2.24, 2.45) is 0 Å². The third kappa shape index (κ3) is 6.71. The van der Waals surface area contributed by atoms with Crippen LogP contribution in [0.3, 0.4) is 0 Å². The molecular weight excluding hydrogens is 262 g/mol. The zero-order valence-corrected chi connectivity index (χ0v) is 10.1. The molecule has 10 heteroatoms. The predicted molar refractivity (Wildman–Crippen MR) is 54.9 cm³/mol. The number of nitrogens with one attached hydrogen (secondary N) is 1. The smallest absolute Gasteiger partial charge is 0.321 e. The van der Waals surface area contributed by atoms with Gasteiger partial charge in [0.15, 0.2) is 14.9 Å². The van der Waals surface area contributed by atoms with Crippen LogP contribution in [0.2, 0.25) is 0 Å². The number of sulfone groups is 1. The van der Waals surface area contributed by atoms with Crippen molar-refractivity contribution < 1.29 is 31.8 Å². The quantitative estimate of drug-likeness (QED) is 0.477. The molecule has 0 spiro atoms. The molecule has 0 fully saturated rings. The van der Waals surface area contributed by atoms with Gasteiger partial charge in [0, 0.05) is 12.9 Å². The van der Waals surface area contributed by atoms with E-state index in [-0.39, 0.29) is 6.42 Å². The van der Waals surface area contributed by atoms with Gasteiger partial charge in [0.05, 0.1) is 0 Å². The van der Waals surface area contributed by atoms with Gasteiger partial charge in [-0.3, -0.25) is 4.79 Å². The fourth-order valence-electron chi connectivity index (χ4n) is 0.895. The standard InChI is InChI=1S/C6H13NO7S2/c1-15(11,12)4-16(13,14)7-5(2-3-8)6(9)10/h5,7-8H,2-4H2,1H3,(H,9,10)/t5-/m1/s1. The first kappa shape index (κ1) is 15.3. The van der Waals surface area contributed by atoms with Crippen LogP contribution in [0.1, 0.15) is 6.42 Å². The molecule has 0 saturated carbocycles. The Kier molecular flexibility index (Phi) is 5.32. The van der Waals surface area contributed by atoms with E-state index in [0.29, 0.717) is 6.26 Å². The molecule has 0 aromatic rings. The molecule has 96 valence electrons. The number of aliphatic hydroxyl groups is 1. The van der Waals surface area contributed by atoms with Gasteiger partial charge >= 0.3 is 5.97 Å². The van der Waals surface area contributed by atoms with Crippen LogP contribution in [0.25, 0.3) is 0 Å². The van der Waals surface area contributed by atoms with E-state index in [4.69, 9.17) is 10.2 Å². The van der Waals surface area contributed by atoms with E-state index in [1.54, 1.807) is 4.72 Å². The Bertz CT molecular complexity index is 437. The number of carbonyl (C=O) groups is 1. The second kappa shape index (κ2) is 5.57. The van der Waals surface area contributed by atoms with E-state index < -0.39 is 43.6 Å². The molecule has 3 N–H and O–H groups in total. The Balaban J connectivity index is 4.74. The molecule has 1 atom stereocenters. The highest BCUT2D eigenvalue weighted by Crippen LogP contribution is 1.98. The minimum Gasteiger partial charge on any atom is -0.480 e. The van der Waals surface area contributed by atoms with Crippen LogP contribution in [0, 0.1) is 0 Å². The van der Waals surface area contributed by atoms with Crippen LogP contribution in [0.15, 0.2) is 0 Å². The molecule has 0 aliphatic rings. The van der Waals surface area contributed by atoms with Crippen LogP contribution in [-0.4, -0.2) is 57.0 Å². The predicted octanol–water partition coefficient (Wildman–Crippen LogP) is -2.26. The Hall–Kier alpha value is -0.710. The minimum absolute atomic E-state index is 0.335. The van der Waals surface area contributed by atoms with Gasteiger partial charge in [0.25, 0.3) is 0 Å². The van der Waals surface area contributed by atoms with E-state index >= 15 is 0 Å². The van der Waals surface area contributed by atoms with Crippen molar-refractivity contribution in [2.45, 2.75) is 12.5 Å². The lowest BCUT2D eigenvalue weighted by molar-refractivity contribution is -0.139. The SMILES string of the molecule is CS(=O)(=O)CS(=O)(=O)N[C@H](CCO)C(=O)O. The highest BCUT2D eigenvalue weighted by atomic mass is 32.3. The third-order valence-corrected chi connectivity index (χ3v) is 5.00. The van der Waals surface area contributed by atoms with Gasteiger partial charge in [-0.25, -0.2) is 16.8 Å². The second-order valence-corrected chi connectivity index (χ2v) is 7.44. The van der Waals surface area contributed by atoms with Crippen molar-refractivity contribution in [1.29, 1.82) is 0 Å². The van der Waals surface area contributed by atoms with Gasteiger partial charge in [0.1, 0.15) is 6.04 Å². The minimum atomic E-state index is -4.24. The van der Waals surface area contributed by atoms with E-state index in [1.165, 1.54) is 0 Å². The van der Waals surface area contributed by atoms with Crippen LogP contribution in [-0.2, 0) is 24.7 Å². The van der Waals surface area contributed by atoms with Crippen molar-refractivity contribution in [2.75, 3.05) is 17.9 Å². The van der Waals surface area contributed by atoms with Gasteiger partial charge < -0.3 is 10.2 Å². The van der Waals surface area contributed by atoms with Gasteiger partial charge in [-0.1, -0.05) is 0 Å². The Morgan fingerprint density at radius 1 is 1.31 bits per heavy atom. The maximum absolute atomic E-state index is 11.2. The summed E-state index contributed by atoms with van der Waals surface area (Å²) >= 11 is 0. The number of hydrogen-bond acceptors (Lipinski definition) is 6. The Morgan fingerprint density at radius 3 is 2.12 bits per heavy atom. The summed E-state index contributed by atoms with van der Waals surface area (Å²) in [4.78, 5) is 10.5. The van der Waals surface area contributed by atoms with Crippen LogP contribution < -0.4 is 4.72 Å². The molecule has 16 heavy (non-hydrogen) atoms. The topological polar surface area (TPSA) is 138 Å². The zero-order valence-electron chi connectivity index (χ0n) is 8.45. The summed E-state index contributed by atoms with van der Waals surface area (Å²) in [5.41, 5.74) is 0. The summed E-state index contributed by atoms with van der Waals surface area (Å²) < 4.78 is 45.6. The first-order valence-corrected chi connectivity index (χ1v) is 7.80. The van der Waals surface area contributed by atoms with Crippen molar-refractivity contribution in [3.63, 3.8) is 0 Å². The summed E-state index contributed by atoms with van der Waals surface area (Å²) in [6, 6.07) is -1.53. The van der Waals surface area contributed by atoms with Crippen LogP contribution in [0.5, 0.6) is 0 Å². The zero-order chi connectivity index (χ0) is 13.0. The fourth-order valence-corrected chi connectivity index (χ4v) is 4.07. The van der Waals surface area contributed by atoms with Crippen molar-refractivity contribution >= 4 is 25.8 Å². The number of aliphatic carboxylic acids is 1. The maximum atomic E-state index is 11.2. The summed E-state index contributed by atoms with van der Waals surface area (Å²) in [5, 5.41) is 15.9. The van der Waals surface area contributed by atoms with E-state index in [0.717, 1.165) is 0 Å². The van der Waals surface area contributed by atoms with Gasteiger partial charge in [-0.15, -0.1) is 0 Å². The first-order chi connectivity index (χ1) is 7.07. The molecule has 0 rings (SSSR count). The third-order valence-electron chi connectivity index (χ3n) is 1.41. The van der Waals surface area contributed by atoms with Crippen molar-refractivity contribution in [3.05, 3.63) is 0 Å². The largest absolute Gasteiger partial charge is 0.480 e. The second-order valence-electron chi connectivity index (χ2n) is 3.18. The summed E-state index contributed by atoms with van der Waals surface area (Å²) in [5.74, 6) is -1.48. The average molecular weight is 275 g/mol. The lowest BCUT2D eigenvalue weighted by Gasteiger charge is -2.12. The molecule has 0 aliphatic carbocycles. The molecule has 0 heterocycles. The molecule has 0 bridgehead atoms. The lowest BCUT2D eigenvalue weighted by Crippen LogP contribution is -2.43. The van der Waals surface area contributed by atoms with Gasteiger partial charge in [-0.05, 0) is 6.42 Å². The van der Waals surface area contributed by atoms with Crippen molar-refractivity contribution in [1.82, 2.24) is 4.72 Å². The molecule has 0 saturated heterocycles. The molecule has 0 unspecified atom stereocenters. The maximum Gasteiger partial charge on any atom is 0.321 e. The highest BCUT2D eigenvalue weighted by molar-refractivity contribution is 8.06. The monoisotopic (exact) mass is 275 g/mol. The number of rotatable bonds is 7. The number of hydrogen-bond donors (Lipinski definition) is 3. The highest BCUT2D eigenvalue weighted by Gasteiger charge is 2.26. The Morgan fingerprint density at radius 2 is 1.81 bits per heavy atom. The van der Waals surface area contributed by atoms with Gasteiger partial charge in [-0.2, -0.15) is 4.72 Å². The molecule has 8 nitrogen and oxygen atoms in total. The fraction of sp³-hybridized carbons (Fsp3) is 0.833. The summed E-state index contributed by atoms with van der Waals surface area (Å²) in [6.07, 6.45) is 0.381. The molecule has 0 radical (unpaired) electrons. The molecular formula is C6H13NO7S2. The molecule has 0 aromatic carbocycles. The van der Waals surface area contributed by atoms with E-state index in [9.17, 15) is 21.6 Å². The summed E-state index contributed by atoms with van der Waals surface area (Å²) in [6.45, 7) is -0.529. The number of aliphatic hydroxyl groups excluding tert-OH is 1. The molecule has 0 aromatic heterocycles. The average Bonchev–Trinajstić information content (AvgIpc) is 1.97. The van der Waals surface area contributed by atoms with Crippen molar-refractivity contribution in [3.8, 4) is 0 Å². The Labute approximate surface area is 93.2 Å². The summed E-state index contributed by atoms with van der Waals surface area (Å²) in [7, 11) is -8.01.